The summed E-state index contributed by atoms with van der Waals surface area (Å²) < 4.78 is 5.52. The zero-order valence-corrected chi connectivity index (χ0v) is 19.5. The Morgan fingerprint density at radius 3 is 2.53 bits per heavy atom. The fraction of sp³-hybridized carbons (Fsp3) is 0.0800. The van der Waals surface area contributed by atoms with Crippen LogP contribution in [0.4, 0.5) is 16.2 Å². The van der Waals surface area contributed by atoms with E-state index in [0.29, 0.717) is 27.7 Å². The molecule has 0 atom stereocenters. The van der Waals surface area contributed by atoms with Crippen molar-refractivity contribution in [2.75, 3.05) is 16.8 Å². The highest BCUT2D eigenvalue weighted by atomic mass is 35.5. The Kier molecular flexibility index (Phi) is 6.86. The number of urea groups is 1. The Hall–Kier alpha value is -3.81. The quantitative estimate of drug-likeness (QED) is 0.353. The van der Waals surface area contributed by atoms with Gasteiger partial charge in [-0.1, -0.05) is 53.0 Å². The summed E-state index contributed by atoms with van der Waals surface area (Å²) in [6, 6.07) is 18.1. The Bertz CT molecular complexity index is 1310. The summed E-state index contributed by atoms with van der Waals surface area (Å²) in [6.45, 7) is 1.74. The molecule has 1 aliphatic heterocycles. The number of amides is 4. The van der Waals surface area contributed by atoms with Gasteiger partial charge in [0.2, 0.25) is 0 Å². The molecule has 34 heavy (non-hydrogen) atoms. The van der Waals surface area contributed by atoms with Gasteiger partial charge in [0.1, 0.15) is 11.4 Å². The number of rotatable bonds is 6. The van der Waals surface area contributed by atoms with Gasteiger partial charge < -0.3 is 15.4 Å². The summed E-state index contributed by atoms with van der Waals surface area (Å²) in [5.41, 5.74) is 2.78. The maximum atomic E-state index is 12.8. The minimum atomic E-state index is -0.579. The maximum absolute atomic E-state index is 12.8. The number of ether oxygens (including phenoxy) is 1. The van der Waals surface area contributed by atoms with E-state index >= 15 is 0 Å². The molecule has 0 unspecified atom stereocenters. The first-order valence-electron chi connectivity index (χ1n) is 10.2. The zero-order chi connectivity index (χ0) is 24.2. The first kappa shape index (κ1) is 23.4. The molecule has 1 fully saturated rings. The lowest BCUT2D eigenvalue weighted by molar-refractivity contribution is -0.118. The molecule has 0 bridgehead atoms. The van der Waals surface area contributed by atoms with Crippen molar-refractivity contribution in [1.82, 2.24) is 5.32 Å². The van der Waals surface area contributed by atoms with Gasteiger partial charge in [-0.2, -0.15) is 0 Å². The summed E-state index contributed by atoms with van der Waals surface area (Å²) in [5.74, 6) is -0.534. The van der Waals surface area contributed by atoms with Crippen molar-refractivity contribution < 1.29 is 19.1 Å². The summed E-state index contributed by atoms with van der Waals surface area (Å²) in [6.07, 6.45) is 1.50. The molecule has 4 amide bonds. The summed E-state index contributed by atoms with van der Waals surface area (Å²) in [5, 5.41) is 5.95. The van der Waals surface area contributed by atoms with Gasteiger partial charge in [0.25, 0.3) is 11.8 Å². The molecule has 7 nitrogen and oxygen atoms in total. The van der Waals surface area contributed by atoms with Crippen LogP contribution in [0.25, 0.3) is 6.08 Å². The first-order valence-corrected chi connectivity index (χ1v) is 11.0. The van der Waals surface area contributed by atoms with Crippen molar-refractivity contribution in [2.24, 2.45) is 0 Å². The van der Waals surface area contributed by atoms with Crippen LogP contribution in [0.1, 0.15) is 11.1 Å². The number of carbonyl (C=O) groups is 3. The average Bonchev–Trinajstić information content (AvgIpc) is 3.07. The molecule has 0 spiro atoms. The van der Waals surface area contributed by atoms with Crippen LogP contribution in [-0.2, 0) is 9.59 Å². The largest absolute Gasteiger partial charge is 0.482 e. The molecule has 1 heterocycles. The molecule has 0 aromatic heterocycles. The van der Waals surface area contributed by atoms with Crippen LogP contribution in [0.5, 0.6) is 5.75 Å². The van der Waals surface area contributed by atoms with E-state index in [-0.39, 0.29) is 23.2 Å². The van der Waals surface area contributed by atoms with E-state index in [4.69, 9.17) is 27.9 Å². The SMILES string of the molecule is Cc1ccc(NC(=O)COc2ccc(C=C3NC(=O)N(c4cccc(Cl)c4)C3=O)cc2Cl)cc1. The molecule has 3 aromatic carbocycles. The van der Waals surface area contributed by atoms with Gasteiger partial charge >= 0.3 is 6.03 Å². The molecule has 0 radical (unpaired) electrons. The van der Waals surface area contributed by atoms with Crippen molar-refractivity contribution >= 4 is 58.5 Å². The van der Waals surface area contributed by atoms with E-state index in [2.05, 4.69) is 10.6 Å². The second-order valence-electron chi connectivity index (χ2n) is 7.50. The summed E-state index contributed by atoms with van der Waals surface area (Å²) in [4.78, 5) is 38.2. The fourth-order valence-corrected chi connectivity index (χ4v) is 3.68. The lowest BCUT2D eigenvalue weighted by atomic mass is 10.1. The second-order valence-corrected chi connectivity index (χ2v) is 8.34. The van der Waals surface area contributed by atoms with E-state index in [0.717, 1.165) is 10.5 Å². The highest BCUT2D eigenvalue weighted by molar-refractivity contribution is 6.33. The van der Waals surface area contributed by atoms with Gasteiger partial charge in [-0.25, -0.2) is 9.69 Å². The van der Waals surface area contributed by atoms with Crippen LogP contribution in [0.3, 0.4) is 0 Å². The van der Waals surface area contributed by atoms with Crippen LogP contribution >= 0.6 is 23.2 Å². The Labute approximate surface area is 205 Å². The Morgan fingerprint density at radius 1 is 1.06 bits per heavy atom. The second kappa shape index (κ2) is 9.99. The number of anilines is 2. The first-order chi connectivity index (χ1) is 16.3. The molecule has 2 N–H and O–H groups in total. The number of benzene rings is 3. The third-order valence-corrected chi connectivity index (χ3v) is 5.44. The van der Waals surface area contributed by atoms with Gasteiger partial charge in [0, 0.05) is 10.7 Å². The molecule has 3 aromatic rings. The lowest BCUT2D eigenvalue weighted by Gasteiger charge is -2.11. The predicted molar refractivity (Wildman–Crippen MR) is 132 cm³/mol. The topological polar surface area (TPSA) is 87.7 Å². The van der Waals surface area contributed by atoms with Crippen LogP contribution in [0.15, 0.2) is 72.4 Å². The van der Waals surface area contributed by atoms with E-state index < -0.39 is 11.9 Å². The van der Waals surface area contributed by atoms with Crippen molar-refractivity contribution in [3.05, 3.63) is 93.6 Å². The average molecular weight is 496 g/mol. The molecule has 172 valence electrons. The van der Waals surface area contributed by atoms with Crippen LogP contribution in [0, 0.1) is 6.92 Å². The van der Waals surface area contributed by atoms with Crippen molar-refractivity contribution in [3.63, 3.8) is 0 Å². The van der Waals surface area contributed by atoms with E-state index in [1.165, 1.54) is 12.1 Å². The molecule has 0 saturated carbocycles. The highest BCUT2D eigenvalue weighted by Crippen LogP contribution is 2.28. The number of nitrogens with zero attached hydrogens (tertiary/aromatic N) is 1. The normalized spacial score (nSPS) is 14.3. The van der Waals surface area contributed by atoms with Gasteiger partial charge in [0.05, 0.1) is 10.7 Å². The van der Waals surface area contributed by atoms with E-state index in [9.17, 15) is 14.4 Å². The molecular weight excluding hydrogens is 477 g/mol. The van der Waals surface area contributed by atoms with Crippen LogP contribution < -0.4 is 20.3 Å². The monoisotopic (exact) mass is 495 g/mol. The smallest absolute Gasteiger partial charge is 0.333 e. The van der Waals surface area contributed by atoms with E-state index in [1.54, 1.807) is 48.5 Å². The molecule has 1 saturated heterocycles. The fourth-order valence-electron chi connectivity index (χ4n) is 3.25. The summed E-state index contributed by atoms with van der Waals surface area (Å²) >= 11 is 12.3. The number of hydrogen-bond acceptors (Lipinski definition) is 4. The third kappa shape index (κ3) is 5.39. The molecule has 0 aliphatic carbocycles. The number of hydrogen-bond donors (Lipinski definition) is 2. The minimum Gasteiger partial charge on any atom is -0.482 e. The number of aryl methyl sites for hydroxylation is 1. The molecule has 9 heteroatoms. The van der Waals surface area contributed by atoms with Crippen LogP contribution in [-0.4, -0.2) is 24.5 Å². The minimum absolute atomic E-state index is 0.0900. The number of nitrogens with one attached hydrogen (secondary N) is 2. The van der Waals surface area contributed by atoms with Gasteiger partial charge in [0.15, 0.2) is 6.61 Å². The summed E-state index contributed by atoms with van der Waals surface area (Å²) in [7, 11) is 0. The van der Waals surface area contributed by atoms with E-state index in [1.807, 2.05) is 19.1 Å². The van der Waals surface area contributed by atoms with Crippen molar-refractivity contribution in [3.8, 4) is 5.75 Å². The third-order valence-electron chi connectivity index (χ3n) is 4.91. The Balaban J connectivity index is 1.41. The highest BCUT2D eigenvalue weighted by Gasteiger charge is 2.34. The maximum Gasteiger partial charge on any atom is 0.333 e. The van der Waals surface area contributed by atoms with Gasteiger partial charge in [-0.05, 0) is 61.0 Å². The number of halogens is 2. The van der Waals surface area contributed by atoms with Crippen molar-refractivity contribution in [2.45, 2.75) is 6.92 Å². The zero-order valence-electron chi connectivity index (χ0n) is 18.0. The number of carbonyl (C=O) groups excluding carboxylic acids is 3. The predicted octanol–water partition coefficient (Wildman–Crippen LogP) is 5.42. The standard InChI is InChI=1S/C25H19Cl2N3O4/c1-15-5-8-18(9-6-15)28-23(31)14-34-22-10-7-16(11-20(22)27)12-21-24(32)30(25(33)29-21)19-4-2-3-17(26)13-19/h2-13H,14H2,1H3,(H,28,31)(H,29,33). The van der Waals surface area contributed by atoms with Gasteiger partial charge in [-0.3, -0.25) is 9.59 Å². The van der Waals surface area contributed by atoms with Crippen molar-refractivity contribution in [1.29, 1.82) is 0 Å². The van der Waals surface area contributed by atoms with Gasteiger partial charge in [-0.15, -0.1) is 0 Å². The number of imide groups is 1. The molecular formula is C25H19Cl2N3O4. The van der Waals surface area contributed by atoms with Crippen LogP contribution in [0.2, 0.25) is 10.0 Å². The lowest BCUT2D eigenvalue weighted by Crippen LogP contribution is -2.30. The molecule has 4 rings (SSSR count). The molecule has 1 aliphatic rings. The Morgan fingerprint density at radius 2 is 1.82 bits per heavy atom.